The van der Waals surface area contributed by atoms with Crippen LogP contribution in [-0.2, 0) is 14.6 Å². The van der Waals surface area contributed by atoms with Crippen LogP contribution in [0, 0.1) is 11.7 Å². The van der Waals surface area contributed by atoms with Crippen LogP contribution in [0.25, 0.3) is 0 Å². The number of likely N-dealkylation sites (N-methyl/N-ethyl adjacent to an activating group) is 1. The summed E-state index contributed by atoms with van der Waals surface area (Å²) in [6.07, 6.45) is 0.496. The first kappa shape index (κ1) is 17.9. The first-order valence-electron chi connectivity index (χ1n) is 8.01. The Labute approximate surface area is 137 Å². The predicted octanol–water partition coefficient (Wildman–Crippen LogP) is 2.60. The number of carbonyl (C=O) groups is 1. The topological polar surface area (TPSA) is 54.5 Å². The summed E-state index contributed by atoms with van der Waals surface area (Å²) in [6, 6.07) is 5.73. The van der Waals surface area contributed by atoms with E-state index < -0.39 is 9.84 Å². The second-order valence-corrected chi connectivity index (χ2v) is 8.68. The summed E-state index contributed by atoms with van der Waals surface area (Å²) in [5.41, 5.74) is 0.769. The quantitative estimate of drug-likeness (QED) is 0.827. The fourth-order valence-corrected chi connectivity index (χ4v) is 5.01. The monoisotopic (exact) mass is 341 g/mol. The van der Waals surface area contributed by atoms with Crippen molar-refractivity contribution in [3.05, 3.63) is 35.6 Å². The van der Waals surface area contributed by atoms with Crippen molar-refractivity contribution in [2.75, 3.05) is 18.1 Å². The Hall–Kier alpha value is -1.43. The number of amides is 1. The van der Waals surface area contributed by atoms with Crippen LogP contribution in [0.1, 0.15) is 38.7 Å². The van der Waals surface area contributed by atoms with Crippen molar-refractivity contribution in [1.29, 1.82) is 0 Å². The molecule has 1 saturated heterocycles. The van der Waals surface area contributed by atoms with Gasteiger partial charge in [0.2, 0.25) is 5.91 Å². The van der Waals surface area contributed by atoms with Gasteiger partial charge in [-0.05, 0) is 37.0 Å². The van der Waals surface area contributed by atoms with E-state index in [9.17, 15) is 17.6 Å². The number of rotatable bonds is 5. The number of hydrogen-bond donors (Lipinski definition) is 0. The molecule has 6 heteroatoms. The molecule has 1 aliphatic heterocycles. The molecule has 23 heavy (non-hydrogen) atoms. The average molecular weight is 341 g/mol. The minimum absolute atomic E-state index is 0.0417. The van der Waals surface area contributed by atoms with E-state index in [-0.39, 0.29) is 41.1 Å². The molecule has 1 fully saturated rings. The minimum atomic E-state index is -3.04. The van der Waals surface area contributed by atoms with Gasteiger partial charge < -0.3 is 4.90 Å². The van der Waals surface area contributed by atoms with E-state index in [2.05, 4.69) is 0 Å². The Morgan fingerprint density at radius 3 is 2.35 bits per heavy atom. The van der Waals surface area contributed by atoms with Crippen LogP contribution in [0.15, 0.2) is 24.3 Å². The predicted molar refractivity (Wildman–Crippen MR) is 88.4 cm³/mol. The number of halogens is 1. The number of sulfone groups is 1. The van der Waals surface area contributed by atoms with E-state index in [4.69, 9.17) is 0 Å². The van der Waals surface area contributed by atoms with Gasteiger partial charge in [0.15, 0.2) is 9.84 Å². The van der Waals surface area contributed by atoms with Crippen molar-refractivity contribution in [3.8, 4) is 0 Å². The zero-order valence-electron chi connectivity index (χ0n) is 13.8. The molecule has 0 N–H and O–H groups in total. The van der Waals surface area contributed by atoms with Gasteiger partial charge in [0, 0.05) is 12.6 Å². The smallest absolute Gasteiger partial charge is 0.230 e. The summed E-state index contributed by atoms with van der Waals surface area (Å²) >= 11 is 0. The molecule has 0 aromatic heterocycles. The summed E-state index contributed by atoms with van der Waals surface area (Å²) in [5, 5.41) is 0. The van der Waals surface area contributed by atoms with Crippen LogP contribution in [0.5, 0.6) is 0 Å². The van der Waals surface area contributed by atoms with Crippen molar-refractivity contribution in [3.63, 3.8) is 0 Å². The van der Waals surface area contributed by atoms with E-state index in [0.29, 0.717) is 13.0 Å². The van der Waals surface area contributed by atoms with Crippen LogP contribution < -0.4 is 0 Å². The molecule has 2 atom stereocenters. The highest BCUT2D eigenvalue weighted by Crippen LogP contribution is 2.29. The van der Waals surface area contributed by atoms with E-state index in [1.54, 1.807) is 17.0 Å². The first-order chi connectivity index (χ1) is 10.7. The molecule has 1 aliphatic rings. The Morgan fingerprint density at radius 1 is 1.30 bits per heavy atom. The molecule has 4 nitrogen and oxygen atoms in total. The van der Waals surface area contributed by atoms with Gasteiger partial charge in [0.1, 0.15) is 5.82 Å². The van der Waals surface area contributed by atoms with Gasteiger partial charge in [0.25, 0.3) is 0 Å². The molecule has 1 amide bonds. The number of carbonyl (C=O) groups excluding carboxylic acids is 1. The van der Waals surface area contributed by atoms with Gasteiger partial charge in [-0.1, -0.05) is 26.0 Å². The molecular weight excluding hydrogens is 317 g/mol. The third kappa shape index (κ3) is 4.10. The molecule has 1 heterocycles. The molecule has 2 unspecified atom stereocenters. The van der Waals surface area contributed by atoms with Gasteiger partial charge in [-0.3, -0.25) is 4.79 Å². The summed E-state index contributed by atoms with van der Waals surface area (Å²) in [4.78, 5) is 14.7. The average Bonchev–Trinajstić information content (AvgIpc) is 2.82. The lowest BCUT2D eigenvalue weighted by Crippen LogP contribution is -2.44. The van der Waals surface area contributed by atoms with Gasteiger partial charge in [-0.15, -0.1) is 0 Å². The maximum absolute atomic E-state index is 13.1. The maximum atomic E-state index is 13.1. The molecule has 0 radical (unpaired) electrons. The summed E-state index contributed by atoms with van der Waals surface area (Å²) < 4.78 is 36.6. The van der Waals surface area contributed by atoms with Gasteiger partial charge in [-0.25, -0.2) is 12.8 Å². The van der Waals surface area contributed by atoms with Gasteiger partial charge in [-0.2, -0.15) is 0 Å². The molecule has 0 aliphatic carbocycles. The maximum Gasteiger partial charge on any atom is 0.230 e. The second kappa shape index (κ2) is 6.99. The largest absolute Gasteiger partial charge is 0.338 e. The van der Waals surface area contributed by atoms with Crippen LogP contribution in [0.2, 0.25) is 0 Å². The molecule has 0 saturated carbocycles. The number of benzene rings is 1. The second-order valence-electron chi connectivity index (χ2n) is 6.45. The van der Waals surface area contributed by atoms with Crippen molar-refractivity contribution < 1.29 is 17.6 Å². The van der Waals surface area contributed by atoms with E-state index in [1.165, 1.54) is 12.1 Å². The van der Waals surface area contributed by atoms with Crippen LogP contribution in [0.3, 0.4) is 0 Å². The molecule has 1 aromatic rings. The van der Waals surface area contributed by atoms with E-state index in [1.807, 2.05) is 20.8 Å². The zero-order valence-corrected chi connectivity index (χ0v) is 14.6. The highest BCUT2D eigenvalue weighted by Gasteiger charge is 2.37. The third-order valence-electron chi connectivity index (χ3n) is 4.43. The Balaban J connectivity index is 2.27. The summed E-state index contributed by atoms with van der Waals surface area (Å²) in [6.45, 7) is 6.24. The highest BCUT2D eigenvalue weighted by atomic mass is 32.2. The number of nitrogens with zero attached hydrogens (tertiary/aromatic N) is 1. The molecule has 128 valence electrons. The Kier molecular flexibility index (Phi) is 5.45. The standard InChI is InChI=1S/C17H24FNO3S/c1-4-19(15-9-10-23(21,22)11-15)17(20)16(12(2)3)13-5-7-14(18)8-6-13/h5-8,12,15-16H,4,9-11H2,1-3H3. The molecule has 0 bridgehead atoms. The SMILES string of the molecule is CCN(C(=O)C(c1ccc(F)cc1)C(C)C)C1CCS(=O)(=O)C1. The minimum Gasteiger partial charge on any atom is -0.338 e. The third-order valence-corrected chi connectivity index (χ3v) is 6.19. The normalized spacial score (nSPS) is 21.3. The van der Waals surface area contributed by atoms with Crippen molar-refractivity contribution >= 4 is 15.7 Å². The highest BCUT2D eigenvalue weighted by molar-refractivity contribution is 7.91. The van der Waals surface area contributed by atoms with Crippen LogP contribution in [0.4, 0.5) is 4.39 Å². The lowest BCUT2D eigenvalue weighted by Gasteiger charge is -2.32. The summed E-state index contributed by atoms with van der Waals surface area (Å²) in [7, 11) is -3.04. The lowest BCUT2D eigenvalue weighted by molar-refractivity contribution is -0.135. The van der Waals surface area contributed by atoms with Crippen LogP contribution >= 0.6 is 0 Å². The van der Waals surface area contributed by atoms with Crippen molar-refractivity contribution in [2.24, 2.45) is 5.92 Å². The first-order valence-corrected chi connectivity index (χ1v) is 9.83. The molecule has 1 aromatic carbocycles. The van der Waals surface area contributed by atoms with Gasteiger partial charge in [0.05, 0.1) is 17.4 Å². The van der Waals surface area contributed by atoms with Crippen molar-refractivity contribution in [1.82, 2.24) is 4.90 Å². The molecule has 0 spiro atoms. The lowest BCUT2D eigenvalue weighted by atomic mass is 9.86. The summed E-state index contributed by atoms with van der Waals surface area (Å²) in [5.74, 6) is -0.571. The zero-order chi connectivity index (χ0) is 17.2. The molecular formula is C17H24FNO3S. The fraction of sp³-hybridized carbons (Fsp3) is 0.588. The molecule has 2 rings (SSSR count). The van der Waals surface area contributed by atoms with Crippen molar-refractivity contribution in [2.45, 2.75) is 39.2 Å². The fourth-order valence-electron chi connectivity index (χ4n) is 3.28. The Morgan fingerprint density at radius 2 is 1.91 bits per heavy atom. The number of hydrogen-bond acceptors (Lipinski definition) is 3. The Bertz CT molecular complexity index is 655. The van der Waals surface area contributed by atoms with Crippen LogP contribution in [-0.4, -0.2) is 43.3 Å². The van der Waals surface area contributed by atoms with E-state index in [0.717, 1.165) is 5.56 Å². The van der Waals surface area contributed by atoms with E-state index >= 15 is 0 Å². The van der Waals surface area contributed by atoms with Gasteiger partial charge >= 0.3 is 0 Å².